The highest BCUT2D eigenvalue weighted by atomic mass is 35.5. The molecule has 2 heterocycles. The maximum Gasteiger partial charge on any atom is 0.260 e. The van der Waals surface area contributed by atoms with Gasteiger partial charge >= 0.3 is 0 Å². The predicted molar refractivity (Wildman–Crippen MR) is 87.0 cm³/mol. The number of anilines is 1. The number of pyridine rings is 1. The molecule has 0 fully saturated rings. The lowest BCUT2D eigenvalue weighted by molar-refractivity contribution is 0.743. The summed E-state index contributed by atoms with van der Waals surface area (Å²) in [5, 5.41) is 5.66. The Morgan fingerprint density at radius 1 is 1.14 bits per heavy atom. The van der Waals surface area contributed by atoms with Crippen LogP contribution in [0.4, 0.5) is 5.69 Å². The van der Waals surface area contributed by atoms with E-state index in [-0.39, 0.29) is 5.56 Å². The second kappa shape index (κ2) is 4.37. The first kappa shape index (κ1) is 12.5. The Balaban J connectivity index is 2.11. The lowest BCUT2D eigenvalue weighted by atomic mass is 10.0. The van der Waals surface area contributed by atoms with Crippen molar-refractivity contribution >= 4 is 28.1 Å². The average molecular weight is 297 g/mol. The Bertz CT molecular complexity index is 943. The smallest absolute Gasteiger partial charge is 0.260 e. The van der Waals surface area contributed by atoms with Gasteiger partial charge in [-0.2, -0.15) is 0 Å². The van der Waals surface area contributed by atoms with Gasteiger partial charge in [-0.15, -0.1) is 0 Å². The van der Waals surface area contributed by atoms with Crippen LogP contribution in [0.25, 0.3) is 22.0 Å². The van der Waals surface area contributed by atoms with E-state index in [2.05, 4.69) is 11.4 Å². The minimum Gasteiger partial charge on any atom is -0.367 e. The first-order valence-electron chi connectivity index (χ1n) is 6.81. The quantitative estimate of drug-likeness (QED) is 0.680. The maximum absolute atomic E-state index is 12.7. The Morgan fingerprint density at radius 2 is 2.00 bits per heavy atom. The van der Waals surface area contributed by atoms with Crippen LogP contribution in [0.5, 0.6) is 0 Å². The number of benzene rings is 2. The van der Waals surface area contributed by atoms with Gasteiger partial charge in [0, 0.05) is 21.7 Å². The van der Waals surface area contributed by atoms with Crippen molar-refractivity contribution in [3.63, 3.8) is 0 Å². The van der Waals surface area contributed by atoms with Gasteiger partial charge in [0.1, 0.15) is 0 Å². The highest BCUT2D eigenvalue weighted by molar-refractivity contribution is 6.31. The van der Waals surface area contributed by atoms with Crippen LogP contribution in [0.3, 0.4) is 0 Å². The molecule has 104 valence electrons. The normalized spacial score (nSPS) is 12.7. The molecule has 3 nitrogen and oxygen atoms in total. The molecule has 1 aliphatic heterocycles. The van der Waals surface area contributed by atoms with Crippen molar-refractivity contribution in [3.05, 3.63) is 63.4 Å². The minimum absolute atomic E-state index is 0.0318. The van der Waals surface area contributed by atoms with Crippen molar-refractivity contribution in [2.75, 3.05) is 5.32 Å². The van der Waals surface area contributed by atoms with E-state index in [0.717, 1.165) is 33.3 Å². The average Bonchev–Trinajstić information content (AvgIpc) is 2.48. The molecule has 0 atom stereocenters. The van der Waals surface area contributed by atoms with Crippen LogP contribution in [-0.2, 0) is 6.67 Å². The number of aryl methyl sites for hydroxylation is 1. The van der Waals surface area contributed by atoms with Crippen LogP contribution in [0.2, 0.25) is 5.02 Å². The van der Waals surface area contributed by atoms with Gasteiger partial charge in [0.2, 0.25) is 0 Å². The minimum atomic E-state index is 0.0318. The summed E-state index contributed by atoms with van der Waals surface area (Å²) in [5.74, 6) is 0. The largest absolute Gasteiger partial charge is 0.367 e. The van der Waals surface area contributed by atoms with Gasteiger partial charge in [0.25, 0.3) is 5.56 Å². The molecule has 0 aliphatic carbocycles. The molecular weight excluding hydrogens is 284 g/mol. The zero-order valence-corrected chi connectivity index (χ0v) is 12.2. The zero-order valence-electron chi connectivity index (χ0n) is 11.5. The van der Waals surface area contributed by atoms with Crippen LogP contribution in [0.1, 0.15) is 5.56 Å². The third-order valence-electron chi connectivity index (χ3n) is 3.95. The monoisotopic (exact) mass is 296 g/mol. The summed E-state index contributed by atoms with van der Waals surface area (Å²) in [5.41, 5.74) is 4.00. The molecule has 0 radical (unpaired) electrons. The van der Waals surface area contributed by atoms with Crippen LogP contribution >= 0.6 is 11.6 Å². The van der Waals surface area contributed by atoms with Crippen LogP contribution in [-0.4, -0.2) is 4.57 Å². The second-order valence-corrected chi connectivity index (χ2v) is 5.81. The lowest BCUT2D eigenvalue weighted by Gasteiger charge is -2.24. The van der Waals surface area contributed by atoms with E-state index in [9.17, 15) is 4.79 Å². The fourth-order valence-electron chi connectivity index (χ4n) is 2.89. The fourth-order valence-corrected chi connectivity index (χ4v) is 3.06. The number of rotatable bonds is 0. The number of hydrogen-bond donors (Lipinski definition) is 1. The molecule has 4 rings (SSSR count). The van der Waals surface area contributed by atoms with E-state index in [1.807, 2.05) is 43.3 Å². The summed E-state index contributed by atoms with van der Waals surface area (Å²) in [7, 11) is 0. The number of halogens is 1. The van der Waals surface area contributed by atoms with Crippen LogP contribution in [0.15, 0.2) is 47.3 Å². The second-order valence-electron chi connectivity index (χ2n) is 5.38. The molecule has 4 heteroatoms. The van der Waals surface area contributed by atoms with E-state index in [1.54, 1.807) is 4.57 Å². The van der Waals surface area contributed by atoms with Crippen molar-refractivity contribution in [1.29, 1.82) is 0 Å². The molecule has 1 aliphatic rings. The standard InChI is InChI=1S/C17H13ClN2O/c1-10-2-3-11-7-16-14-8-12(18)4-5-15(14)19-9-20(16)17(21)13(11)6-10/h2-8,19H,9H2,1H3. The van der Waals surface area contributed by atoms with Crippen molar-refractivity contribution < 1.29 is 0 Å². The highest BCUT2D eigenvalue weighted by Crippen LogP contribution is 2.34. The maximum atomic E-state index is 12.7. The zero-order chi connectivity index (χ0) is 14.6. The third-order valence-corrected chi connectivity index (χ3v) is 4.19. The van der Waals surface area contributed by atoms with Crippen molar-refractivity contribution in [1.82, 2.24) is 4.57 Å². The fraction of sp³-hybridized carbons (Fsp3) is 0.118. The molecule has 0 saturated carbocycles. The molecule has 0 saturated heterocycles. The van der Waals surface area contributed by atoms with Gasteiger partial charge in [-0.1, -0.05) is 29.3 Å². The Labute approximate surface area is 126 Å². The van der Waals surface area contributed by atoms with E-state index < -0.39 is 0 Å². The molecule has 0 spiro atoms. The number of nitrogens with one attached hydrogen (secondary N) is 1. The van der Waals surface area contributed by atoms with Crippen molar-refractivity contribution in [3.8, 4) is 11.3 Å². The molecule has 21 heavy (non-hydrogen) atoms. The van der Waals surface area contributed by atoms with Crippen LogP contribution < -0.4 is 10.9 Å². The molecule has 3 aromatic rings. The molecule has 0 unspecified atom stereocenters. The summed E-state index contributed by atoms with van der Waals surface area (Å²) < 4.78 is 1.76. The first-order chi connectivity index (χ1) is 10.1. The summed E-state index contributed by atoms with van der Waals surface area (Å²) in [4.78, 5) is 12.7. The van der Waals surface area contributed by atoms with Gasteiger partial charge in [0.05, 0.1) is 12.4 Å². The molecule has 2 aromatic carbocycles. The van der Waals surface area contributed by atoms with E-state index in [1.165, 1.54) is 0 Å². The van der Waals surface area contributed by atoms with Crippen LogP contribution in [0, 0.1) is 6.92 Å². The van der Waals surface area contributed by atoms with Gasteiger partial charge < -0.3 is 5.32 Å². The van der Waals surface area contributed by atoms with E-state index in [4.69, 9.17) is 11.6 Å². The van der Waals surface area contributed by atoms with E-state index >= 15 is 0 Å². The summed E-state index contributed by atoms with van der Waals surface area (Å²) in [6.45, 7) is 2.48. The molecule has 1 N–H and O–H groups in total. The molecule has 0 amide bonds. The summed E-state index contributed by atoms with van der Waals surface area (Å²) in [6, 6.07) is 13.7. The Morgan fingerprint density at radius 3 is 2.86 bits per heavy atom. The topological polar surface area (TPSA) is 34.0 Å². The van der Waals surface area contributed by atoms with Crippen molar-refractivity contribution in [2.24, 2.45) is 0 Å². The number of aromatic nitrogens is 1. The van der Waals surface area contributed by atoms with Gasteiger partial charge in [-0.25, -0.2) is 0 Å². The molecule has 1 aromatic heterocycles. The molecule has 0 bridgehead atoms. The Kier molecular flexibility index (Phi) is 2.59. The van der Waals surface area contributed by atoms with Gasteiger partial charge in [-0.3, -0.25) is 9.36 Å². The van der Waals surface area contributed by atoms with Crippen molar-refractivity contribution in [2.45, 2.75) is 13.6 Å². The highest BCUT2D eigenvalue weighted by Gasteiger charge is 2.18. The van der Waals surface area contributed by atoms with Gasteiger partial charge in [0.15, 0.2) is 0 Å². The number of fused-ring (bicyclic) bond motifs is 4. The SMILES string of the molecule is Cc1ccc2cc3n(c(=O)c2c1)CNc1ccc(Cl)cc1-3. The lowest BCUT2D eigenvalue weighted by Crippen LogP contribution is -2.28. The number of nitrogens with zero attached hydrogens (tertiary/aromatic N) is 1. The Hall–Kier alpha value is -2.26. The summed E-state index contributed by atoms with van der Waals surface area (Å²) >= 11 is 6.11. The third kappa shape index (κ3) is 1.85. The number of hydrogen-bond acceptors (Lipinski definition) is 2. The molecular formula is C17H13ClN2O. The predicted octanol–water partition coefficient (Wildman–Crippen LogP) is 4.01. The van der Waals surface area contributed by atoms with Gasteiger partial charge in [-0.05, 0) is 42.6 Å². The van der Waals surface area contributed by atoms with E-state index in [0.29, 0.717) is 11.7 Å². The first-order valence-corrected chi connectivity index (χ1v) is 7.19. The summed E-state index contributed by atoms with van der Waals surface area (Å²) in [6.07, 6.45) is 0.